The van der Waals surface area contributed by atoms with E-state index in [1.165, 1.54) is 29.7 Å². The van der Waals surface area contributed by atoms with Gasteiger partial charge in [0.2, 0.25) is 0 Å². The van der Waals surface area contributed by atoms with Gasteiger partial charge in [0.25, 0.3) is 0 Å². The number of hydrogen-bond donors (Lipinski definition) is 1. The van der Waals surface area contributed by atoms with Crippen LogP contribution in [0.1, 0.15) is 22.2 Å². The van der Waals surface area contributed by atoms with Crippen LogP contribution >= 0.6 is 11.3 Å². The standard InChI is InChI=1S/C19H23N3O3S/c1-13-4-6-15(7-5-13)22-10-9-21(12-14(22)2)19(24)20-16-8-11-26-17(16)18(23)25-3/h4-8,11,14H,9-10,12H2,1-3H3,(H,20,24). The topological polar surface area (TPSA) is 61.9 Å². The van der Waals surface area contributed by atoms with E-state index in [1.54, 1.807) is 16.3 Å². The molecule has 6 nitrogen and oxygen atoms in total. The monoisotopic (exact) mass is 373 g/mol. The highest BCUT2D eigenvalue weighted by Crippen LogP contribution is 2.25. The number of nitrogens with one attached hydrogen (secondary N) is 1. The fourth-order valence-electron chi connectivity index (χ4n) is 3.11. The highest BCUT2D eigenvalue weighted by molar-refractivity contribution is 7.12. The van der Waals surface area contributed by atoms with Gasteiger partial charge in [-0.2, -0.15) is 0 Å². The molecular weight excluding hydrogens is 350 g/mol. The molecule has 1 aromatic carbocycles. The zero-order valence-corrected chi connectivity index (χ0v) is 16.0. The van der Waals surface area contributed by atoms with Gasteiger partial charge in [-0.1, -0.05) is 17.7 Å². The molecule has 1 atom stereocenters. The second-order valence-electron chi connectivity index (χ2n) is 6.41. The molecular formula is C19H23N3O3S. The number of carbonyl (C=O) groups is 2. The molecule has 1 N–H and O–H groups in total. The summed E-state index contributed by atoms with van der Waals surface area (Å²) >= 11 is 1.25. The highest BCUT2D eigenvalue weighted by Gasteiger charge is 2.27. The van der Waals surface area contributed by atoms with Crippen molar-refractivity contribution in [3.8, 4) is 0 Å². The van der Waals surface area contributed by atoms with Crippen LogP contribution in [0.15, 0.2) is 35.7 Å². The van der Waals surface area contributed by atoms with Crippen LogP contribution in [0.25, 0.3) is 0 Å². The maximum Gasteiger partial charge on any atom is 0.350 e. The van der Waals surface area contributed by atoms with Crippen molar-refractivity contribution in [2.24, 2.45) is 0 Å². The van der Waals surface area contributed by atoms with E-state index >= 15 is 0 Å². The Labute approximate surface area is 157 Å². The minimum atomic E-state index is -0.437. The molecule has 0 radical (unpaired) electrons. The molecule has 1 fully saturated rings. The van der Waals surface area contributed by atoms with E-state index in [1.807, 2.05) is 0 Å². The maximum absolute atomic E-state index is 12.6. The van der Waals surface area contributed by atoms with Crippen LogP contribution in [-0.2, 0) is 4.74 Å². The van der Waals surface area contributed by atoms with Crippen molar-refractivity contribution in [2.75, 3.05) is 37.0 Å². The van der Waals surface area contributed by atoms with E-state index in [2.05, 4.69) is 48.3 Å². The quantitative estimate of drug-likeness (QED) is 0.836. The van der Waals surface area contributed by atoms with Crippen molar-refractivity contribution in [2.45, 2.75) is 19.9 Å². The molecule has 1 aliphatic heterocycles. The van der Waals surface area contributed by atoms with Gasteiger partial charge < -0.3 is 19.9 Å². The number of rotatable bonds is 3. The van der Waals surface area contributed by atoms with Crippen molar-refractivity contribution in [3.05, 3.63) is 46.2 Å². The minimum absolute atomic E-state index is 0.191. The molecule has 2 heterocycles. The molecule has 26 heavy (non-hydrogen) atoms. The number of ether oxygens (including phenoxy) is 1. The number of carbonyl (C=O) groups excluding carboxylic acids is 2. The molecule has 7 heteroatoms. The smallest absolute Gasteiger partial charge is 0.350 e. The van der Waals surface area contributed by atoms with E-state index in [-0.39, 0.29) is 12.1 Å². The average Bonchev–Trinajstić information content (AvgIpc) is 3.10. The van der Waals surface area contributed by atoms with Gasteiger partial charge in [-0.3, -0.25) is 0 Å². The Hall–Kier alpha value is -2.54. The van der Waals surface area contributed by atoms with Crippen LogP contribution < -0.4 is 10.2 Å². The van der Waals surface area contributed by atoms with Gasteiger partial charge in [0, 0.05) is 31.4 Å². The number of thiophene rings is 1. The SMILES string of the molecule is COC(=O)c1sccc1NC(=O)N1CCN(c2ccc(C)cc2)C(C)C1. The zero-order chi connectivity index (χ0) is 18.7. The normalized spacial score (nSPS) is 17.1. The number of piperazine rings is 1. The van der Waals surface area contributed by atoms with E-state index in [4.69, 9.17) is 4.74 Å². The van der Waals surface area contributed by atoms with Crippen molar-refractivity contribution < 1.29 is 14.3 Å². The van der Waals surface area contributed by atoms with Gasteiger partial charge in [0.15, 0.2) is 0 Å². The Morgan fingerprint density at radius 3 is 2.58 bits per heavy atom. The highest BCUT2D eigenvalue weighted by atomic mass is 32.1. The zero-order valence-electron chi connectivity index (χ0n) is 15.2. The molecule has 0 aliphatic carbocycles. The summed E-state index contributed by atoms with van der Waals surface area (Å²) in [6, 6.07) is 10.2. The lowest BCUT2D eigenvalue weighted by Crippen LogP contribution is -2.54. The molecule has 138 valence electrons. The third kappa shape index (κ3) is 3.83. The van der Waals surface area contributed by atoms with Crippen LogP contribution in [-0.4, -0.2) is 49.7 Å². The fourth-order valence-corrected chi connectivity index (χ4v) is 3.88. The molecule has 1 saturated heterocycles. The predicted molar refractivity (Wildman–Crippen MR) is 104 cm³/mol. The van der Waals surface area contributed by atoms with E-state index in [0.717, 1.165) is 6.54 Å². The van der Waals surface area contributed by atoms with Crippen molar-refractivity contribution in [3.63, 3.8) is 0 Å². The molecule has 0 saturated carbocycles. The largest absolute Gasteiger partial charge is 0.465 e. The van der Waals surface area contributed by atoms with Crippen LogP contribution in [0, 0.1) is 6.92 Å². The summed E-state index contributed by atoms with van der Waals surface area (Å²) in [6.07, 6.45) is 0. The first-order valence-electron chi connectivity index (χ1n) is 8.54. The number of hydrogen-bond acceptors (Lipinski definition) is 5. The van der Waals surface area contributed by atoms with Gasteiger partial charge in [0.05, 0.1) is 12.8 Å². The molecule has 2 aromatic rings. The molecule has 2 amide bonds. The summed E-state index contributed by atoms with van der Waals surface area (Å²) in [5.74, 6) is -0.437. The molecule has 1 unspecified atom stereocenters. The number of nitrogens with zero attached hydrogens (tertiary/aromatic N) is 2. The first kappa shape index (κ1) is 18.3. The number of anilines is 2. The Morgan fingerprint density at radius 2 is 1.92 bits per heavy atom. The number of benzene rings is 1. The summed E-state index contributed by atoms with van der Waals surface area (Å²) in [6.45, 7) is 6.20. The molecule has 3 rings (SSSR count). The van der Waals surface area contributed by atoms with E-state index in [9.17, 15) is 9.59 Å². The Morgan fingerprint density at radius 1 is 1.19 bits per heavy atom. The first-order valence-corrected chi connectivity index (χ1v) is 9.42. The van der Waals surface area contributed by atoms with Crippen LogP contribution in [0.3, 0.4) is 0 Å². The first-order chi connectivity index (χ1) is 12.5. The lowest BCUT2D eigenvalue weighted by molar-refractivity contribution is 0.0607. The predicted octanol–water partition coefficient (Wildman–Crippen LogP) is 3.59. The molecule has 1 aliphatic rings. The Balaban J connectivity index is 1.63. The summed E-state index contributed by atoms with van der Waals surface area (Å²) in [5, 5.41) is 4.60. The Bertz CT molecular complexity index is 788. The molecule has 1 aromatic heterocycles. The van der Waals surface area contributed by atoms with E-state index in [0.29, 0.717) is 23.7 Å². The van der Waals surface area contributed by atoms with Gasteiger partial charge in [0.1, 0.15) is 4.88 Å². The number of methoxy groups -OCH3 is 1. The van der Waals surface area contributed by atoms with Gasteiger partial charge in [-0.15, -0.1) is 11.3 Å². The second kappa shape index (κ2) is 7.78. The summed E-state index contributed by atoms with van der Waals surface area (Å²) in [4.78, 5) is 28.9. The lowest BCUT2D eigenvalue weighted by atomic mass is 10.1. The summed E-state index contributed by atoms with van der Waals surface area (Å²) in [7, 11) is 1.33. The van der Waals surface area contributed by atoms with E-state index < -0.39 is 5.97 Å². The summed E-state index contributed by atoms with van der Waals surface area (Å²) in [5.41, 5.74) is 2.91. The summed E-state index contributed by atoms with van der Waals surface area (Å²) < 4.78 is 4.75. The molecule has 0 bridgehead atoms. The van der Waals surface area contributed by atoms with Crippen molar-refractivity contribution in [1.82, 2.24) is 4.90 Å². The lowest BCUT2D eigenvalue weighted by Gasteiger charge is -2.41. The third-order valence-electron chi connectivity index (χ3n) is 4.56. The number of esters is 1. The van der Waals surface area contributed by atoms with Crippen molar-refractivity contribution in [1.29, 1.82) is 0 Å². The maximum atomic E-state index is 12.6. The Kier molecular flexibility index (Phi) is 5.46. The van der Waals surface area contributed by atoms with Gasteiger partial charge >= 0.3 is 12.0 Å². The minimum Gasteiger partial charge on any atom is -0.465 e. The second-order valence-corrected chi connectivity index (χ2v) is 7.33. The fraction of sp³-hybridized carbons (Fsp3) is 0.368. The van der Waals surface area contributed by atoms with Crippen LogP contribution in [0.2, 0.25) is 0 Å². The van der Waals surface area contributed by atoms with Crippen molar-refractivity contribution >= 4 is 34.7 Å². The molecule has 0 spiro atoms. The van der Waals surface area contributed by atoms with Gasteiger partial charge in [-0.25, -0.2) is 9.59 Å². The van der Waals surface area contributed by atoms with Gasteiger partial charge in [-0.05, 0) is 37.4 Å². The average molecular weight is 373 g/mol. The third-order valence-corrected chi connectivity index (χ3v) is 5.45. The van der Waals surface area contributed by atoms with Crippen LogP contribution in [0.5, 0.6) is 0 Å². The number of urea groups is 1. The number of amides is 2. The number of aryl methyl sites for hydroxylation is 1. The van der Waals surface area contributed by atoms with Crippen LogP contribution in [0.4, 0.5) is 16.2 Å².